The molecule has 0 radical (unpaired) electrons. The van der Waals surface area contributed by atoms with E-state index in [2.05, 4.69) is 15.6 Å². The number of pyridine rings is 1. The SMILES string of the molecule is COc1ccc(NC(=O)CCCNC(=O)C(C)(C)C)cn1. The number of rotatable bonds is 6. The third kappa shape index (κ3) is 6.25. The van der Waals surface area contributed by atoms with Crippen LogP contribution in [0.5, 0.6) is 5.88 Å². The van der Waals surface area contributed by atoms with Gasteiger partial charge in [0.2, 0.25) is 17.7 Å². The summed E-state index contributed by atoms with van der Waals surface area (Å²) >= 11 is 0. The molecule has 21 heavy (non-hydrogen) atoms. The van der Waals surface area contributed by atoms with Crippen molar-refractivity contribution in [3.05, 3.63) is 18.3 Å². The van der Waals surface area contributed by atoms with E-state index in [4.69, 9.17) is 4.74 Å². The summed E-state index contributed by atoms with van der Waals surface area (Å²) in [5.41, 5.74) is 0.219. The highest BCUT2D eigenvalue weighted by Gasteiger charge is 2.20. The number of nitrogens with zero attached hydrogens (tertiary/aromatic N) is 1. The molecule has 0 bridgehead atoms. The lowest BCUT2D eigenvalue weighted by Gasteiger charge is -2.17. The van der Waals surface area contributed by atoms with Crippen LogP contribution in [0.15, 0.2) is 18.3 Å². The van der Waals surface area contributed by atoms with Gasteiger partial charge in [-0.1, -0.05) is 20.8 Å². The van der Waals surface area contributed by atoms with Crippen molar-refractivity contribution in [3.8, 4) is 5.88 Å². The van der Waals surface area contributed by atoms with Gasteiger partial charge in [-0.05, 0) is 12.5 Å². The number of nitrogens with one attached hydrogen (secondary N) is 2. The third-order valence-electron chi connectivity index (χ3n) is 2.78. The Morgan fingerprint density at radius 1 is 1.29 bits per heavy atom. The highest BCUT2D eigenvalue weighted by molar-refractivity contribution is 5.90. The Hall–Kier alpha value is -2.11. The van der Waals surface area contributed by atoms with Crippen molar-refractivity contribution < 1.29 is 14.3 Å². The fourth-order valence-electron chi connectivity index (χ4n) is 1.51. The highest BCUT2D eigenvalue weighted by Crippen LogP contribution is 2.13. The van der Waals surface area contributed by atoms with Gasteiger partial charge >= 0.3 is 0 Å². The molecule has 2 amide bonds. The average Bonchev–Trinajstić information content (AvgIpc) is 2.43. The first-order valence-corrected chi connectivity index (χ1v) is 6.91. The van der Waals surface area contributed by atoms with Gasteiger partial charge in [0, 0.05) is 24.4 Å². The van der Waals surface area contributed by atoms with E-state index in [1.165, 1.54) is 13.3 Å². The summed E-state index contributed by atoms with van der Waals surface area (Å²) in [6.45, 7) is 6.05. The van der Waals surface area contributed by atoms with Gasteiger partial charge in [-0.3, -0.25) is 9.59 Å². The maximum atomic E-state index is 11.7. The molecule has 6 nitrogen and oxygen atoms in total. The number of anilines is 1. The topological polar surface area (TPSA) is 80.3 Å². The first-order chi connectivity index (χ1) is 9.82. The van der Waals surface area contributed by atoms with Crippen molar-refractivity contribution in [3.63, 3.8) is 0 Å². The minimum atomic E-state index is -0.406. The lowest BCUT2D eigenvalue weighted by Crippen LogP contribution is -2.35. The van der Waals surface area contributed by atoms with Crippen LogP contribution < -0.4 is 15.4 Å². The molecule has 0 saturated heterocycles. The summed E-state index contributed by atoms with van der Waals surface area (Å²) in [6, 6.07) is 3.41. The summed E-state index contributed by atoms with van der Waals surface area (Å²) < 4.78 is 4.94. The highest BCUT2D eigenvalue weighted by atomic mass is 16.5. The number of methoxy groups -OCH3 is 1. The summed E-state index contributed by atoms with van der Waals surface area (Å²) in [6.07, 6.45) is 2.48. The molecule has 0 saturated carbocycles. The number of amides is 2. The monoisotopic (exact) mass is 293 g/mol. The van der Waals surface area contributed by atoms with Crippen LogP contribution in [0, 0.1) is 5.41 Å². The maximum absolute atomic E-state index is 11.7. The molecule has 1 heterocycles. The quantitative estimate of drug-likeness (QED) is 0.786. The van der Waals surface area contributed by atoms with Crippen molar-refractivity contribution in [1.29, 1.82) is 0 Å². The molecule has 0 spiro atoms. The van der Waals surface area contributed by atoms with Gasteiger partial charge < -0.3 is 15.4 Å². The molecule has 0 aromatic carbocycles. The zero-order chi connectivity index (χ0) is 15.9. The molecular formula is C15H23N3O3. The molecule has 116 valence electrons. The van der Waals surface area contributed by atoms with Crippen LogP contribution in [-0.4, -0.2) is 30.5 Å². The van der Waals surface area contributed by atoms with E-state index in [1.54, 1.807) is 12.1 Å². The molecule has 1 aromatic heterocycles. The van der Waals surface area contributed by atoms with Gasteiger partial charge in [-0.25, -0.2) is 4.98 Å². The fraction of sp³-hybridized carbons (Fsp3) is 0.533. The van der Waals surface area contributed by atoms with Crippen LogP contribution in [0.2, 0.25) is 0 Å². The van der Waals surface area contributed by atoms with E-state index >= 15 is 0 Å². The van der Waals surface area contributed by atoms with Crippen molar-refractivity contribution in [2.45, 2.75) is 33.6 Å². The van der Waals surface area contributed by atoms with E-state index in [0.29, 0.717) is 31.0 Å². The minimum absolute atomic E-state index is 0.0118. The lowest BCUT2D eigenvalue weighted by molar-refractivity contribution is -0.128. The van der Waals surface area contributed by atoms with Crippen molar-refractivity contribution in [2.75, 3.05) is 19.0 Å². The Labute approximate surface area is 125 Å². The molecule has 0 aliphatic rings. The van der Waals surface area contributed by atoms with Gasteiger partial charge in [-0.15, -0.1) is 0 Å². The molecule has 0 atom stereocenters. The van der Waals surface area contributed by atoms with Gasteiger partial charge in [0.05, 0.1) is 19.0 Å². The maximum Gasteiger partial charge on any atom is 0.225 e. The van der Waals surface area contributed by atoms with Gasteiger partial charge in [-0.2, -0.15) is 0 Å². The molecule has 0 aliphatic carbocycles. The molecule has 1 aromatic rings. The van der Waals surface area contributed by atoms with Crippen LogP contribution in [0.25, 0.3) is 0 Å². The second kappa shape index (κ2) is 7.61. The molecule has 0 unspecified atom stereocenters. The van der Waals surface area contributed by atoms with Crippen molar-refractivity contribution in [1.82, 2.24) is 10.3 Å². The van der Waals surface area contributed by atoms with Gasteiger partial charge in [0.1, 0.15) is 0 Å². The summed E-state index contributed by atoms with van der Waals surface area (Å²) in [7, 11) is 1.53. The largest absolute Gasteiger partial charge is 0.481 e. The Morgan fingerprint density at radius 3 is 2.52 bits per heavy atom. The molecule has 2 N–H and O–H groups in total. The summed E-state index contributed by atoms with van der Waals surface area (Å²) in [4.78, 5) is 27.4. The minimum Gasteiger partial charge on any atom is -0.481 e. The van der Waals surface area contributed by atoms with Crippen molar-refractivity contribution in [2.24, 2.45) is 5.41 Å². The number of carbonyl (C=O) groups is 2. The van der Waals surface area contributed by atoms with Crippen molar-refractivity contribution >= 4 is 17.5 Å². The zero-order valence-electron chi connectivity index (χ0n) is 13.0. The Balaban J connectivity index is 2.26. The van der Waals surface area contributed by atoms with E-state index in [1.807, 2.05) is 20.8 Å². The van der Waals surface area contributed by atoms with E-state index < -0.39 is 5.41 Å². The smallest absolute Gasteiger partial charge is 0.225 e. The summed E-state index contributed by atoms with van der Waals surface area (Å²) in [5.74, 6) is 0.382. The van der Waals surface area contributed by atoms with E-state index in [-0.39, 0.29) is 11.8 Å². The standard InChI is InChI=1S/C15H23N3O3/c1-15(2,3)14(20)16-9-5-6-12(19)18-11-7-8-13(21-4)17-10-11/h7-8,10H,5-6,9H2,1-4H3,(H,16,20)(H,18,19). The fourth-order valence-corrected chi connectivity index (χ4v) is 1.51. The second-order valence-electron chi connectivity index (χ2n) is 5.75. The number of hydrogen-bond donors (Lipinski definition) is 2. The Bertz CT molecular complexity index is 478. The van der Waals surface area contributed by atoms with Crippen LogP contribution in [0.1, 0.15) is 33.6 Å². The average molecular weight is 293 g/mol. The van der Waals surface area contributed by atoms with Crippen LogP contribution in [0.4, 0.5) is 5.69 Å². The molecule has 0 fully saturated rings. The van der Waals surface area contributed by atoms with E-state index in [0.717, 1.165) is 0 Å². The normalized spacial score (nSPS) is 10.9. The Kier molecular flexibility index (Phi) is 6.14. The Morgan fingerprint density at radius 2 is 2.00 bits per heavy atom. The third-order valence-corrected chi connectivity index (χ3v) is 2.78. The van der Waals surface area contributed by atoms with Gasteiger partial charge in [0.25, 0.3) is 0 Å². The van der Waals surface area contributed by atoms with Crippen LogP contribution >= 0.6 is 0 Å². The zero-order valence-corrected chi connectivity index (χ0v) is 13.0. The molecule has 6 heteroatoms. The first-order valence-electron chi connectivity index (χ1n) is 6.91. The number of carbonyl (C=O) groups excluding carboxylic acids is 2. The lowest BCUT2D eigenvalue weighted by atomic mass is 9.96. The molecule has 0 aliphatic heterocycles. The van der Waals surface area contributed by atoms with Crippen LogP contribution in [0.3, 0.4) is 0 Å². The predicted molar refractivity (Wildman–Crippen MR) is 81.1 cm³/mol. The van der Waals surface area contributed by atoms with E-state index in [9.17, 15) is 9.59 Å². The number of ether oxygens (including phenoxy) is 1. The molecular weight excluding hydrogens is 270 g/mol. The number of hydrogen-bond acceptors (Lipinski definition) is 4. The van der Waals surface area contributed by atoms with Gasteiger partial charge in [0.15, 0.2) is 0 Å². The molecule has 1 rings (SSSR count). The summed E-state index contributed by atoms with van der Waals surface area (Å²) in [5, 5.41) is 5.55. The first kappa shape index (κ1) is 16.9. The predicted octanol–water partition coefficient (Wildman–Crippen LogP) is 1.97. The number of aromatic nitrogens is 1. The van der Waals surface area contributed by atoms with Crippen LogP contribution in [-0.2, 0) is 9.59 Å². The second-order valence-corrected chi connectivity index (χ2v) is 5.75.